The minimum atomic E-state index is -3.78. The molecule has 0 saturated carbocycles. The number of H-pyrrole nitrogens is 1. The van der Waals surface area contributed by atoms with E-state index in [2.05, 4.69) is 14.9 Å². The number of hydrogen-bond acceptors (Lipinski definition) is 4. The molecule has 7 heteroatoms. The van der Waals surface area contributed by atoms with Crippen molar-refractivity contribution in [2.24, 2.45) is 0 Å². The van der Waals surface area contributed by atoms with Crippen LogP contribution < -0.4 is 4.72 Å². The van der Waals surface area contributed by atoms with Crippen molar-refractivity contribution in [2.45, 2.75) is 25.5 Å². The number of aliphatic hydroxyl groups is 1. The van der Waals surface area contributed by atoms with Crippen molar-refractivity contribution in [3.05, 3.63) is 41.1 Å². The summed E-state index contributed by atoms with van der Waals surface area (Å²) in [4.78, 5) is 0. The second-order valence-electron chi connectivity index (χ2n) is 4.31. The highest BCUT2D eigenvalue weighted by atomic mass is 32.2. The maximum atomic E-state index is 12.2. The third-order valence-corrected chi connectivity index (χ3v) is 4.12. The Morgan fingerprint density at radius 2 is 2.11 bits per heavy atom. The van der Waals surface area contributed by atoms with Crippen molar-refractivity contribution in [3.8, 4) is 0 Å². The van der Waals surface area contributed by atoms with Crippen LogP contribution in [-0.2, 0) is 16.6 Å². The lowest BCUT2D eigenvalue weighted by atomic mass is 10.1. The van der Waals surface area contributed by atoms with Crippen molar-refractivity contribution in [2.75, 3.05) is 4.72 Å². The summed E-state index contributed by atoms with van der Waals surface area (Å²) in [5.74, 6) is 0. The van der Waals surface area contributed by atoms with Gasteiger partial charge in [-0.15, -0.1) is 0 Å². The summed E-state index contributed by atoms with van der Waals surface area (Å²) in [6, 6.07) is 5.42. The number of rotatable bonds is 4. The third kappa shape index (κ3) is 2.77. The van der Waals surface area contributed by atoms with Crippen LogP contribution in [0.4, 0.5) is 5.69 Å². The zero-order valence-electron chi connectivity index (χ0n) is 10.6. The molecule has 0 unspecified atom stereocenters. The number of aliphatic hydroxyl groups excluding tert-OH is 1. The van der Waals surface area contributed by atoms with Crippen LogP contribution in [0.1, 0.15) is 16.7 Å². The van der Waals surface area contributed by atoms with Gasteiger partial charge in [0.25, 0.3) is 10.0 Å². The number of nitrogens with one attached hydrogen (secondary N) is 2. The van der Waals surface area contributed by atoms with Gasteiger partial charge in [-0.25, -0.2) is 0 Å². The Balaban J connectivity index is 2.37. The lowest BCUT2D eigenvalue weighted by Crippen LogP contribution is -2.16. The molecule has 102 valence electrons. The van der Waals surface area contributed by atoms with Gasteiger partial charge in [0.2, 0.25) is 0 Å². The Morgan fingerprint density at radius 3 is 2.74 bits per heavy atom. The van der Waals surface area contributed by atoms with Crippen molar-refractivity contribution in [1.82, 2.24) is 10.2 Å². The second-order valence-corrected chi connectivity index (χ2v) is 5.93. The summed E-state index contributed by atoms with van der Waals surface area (Å²) in [7, 11) is -3.78. The number of sulfonamides is 1. The van der Waals surface area contributed by atoms with Crippen LogP contribution in [0.15, 0.2) is 29.4 Å². The number of anilines is 1. The summed E-state index contributed by atoms with van der Waals surface area (Å²) >= 11 is 0. The molecule has 2 aromatic rings. The summed E-state index contributed by atoms with van der Waals surface area (Å²) < 4.78 is 26.9. The first-order valence-corrected chi connectivity index (χ1v) is 7.15. The van der Waals surface area contributed by atoms with Gasteiger partial charge in [-0.1, -0.05) is 17.7 Å². The third-order valence-electron chi connectivity index (χ3n) is 2.74. The predicted molar refractivity (Wildman–Crippen MR) is 71.2 cm³/mol. The number of benzene rings is 1. The highest BCUT2D eigenvalue weighted by Gasteiger charge is 2.21. The summed E-state index contributed by atoms with van der Waals surface area (Å²) in [5.41, 5.74) is 2.62. The number of aryl methyl sites for hydroxylation is 2. The van der Waals surface area contributed by atoms with Gasteiger partial charge in [-0.05, 0) is 25.5 Å². The van der Waals surface area contributed by atoms with E-state index in [1.54, 1.807) is 6.07 Å². The van der Waals surface area contributed by atoms with Crippen LogP contribution in [0, 0.1) is 13.8 Å². The molecular weight excluding hydrogens is 266 g/mol. The van der Waals surface area contributed by atoms with E-state index in [-0.39, 0.29) is 17.2 Å². The average Bonchev–Trinajstić information content (AvgIpc) is 2.82. The molecule has 0 saturated heterocycles. The molecule has 1 aromatic carbocycles. The van der Waals surface area contributed by atoms with Crippen LogP contribution >= 0.6 is 0 Å². The van der Waals surface area contributed by atoms with E-state index in [9.17, 15) is 8.42 Å². The van der Waals surface area contributed by atoms with Gasteiger partial charge in [0.05, 0.1) is 18.5 Å². The Morgan fingerprint density at radius 1 is 1.37 bits per heavy atom. The first kappa shape index (κ1) is 13.6. The Bertz CT molecular complexity index is 692. The fraction of sp³-hybridized carbons (Fsp3) is 0.250. The highest BCUT2D eigenvalue weighted by molar-refractivity contribution is 7.92. The van der Waals surface area contributed by atoms with Gasteiger partial charge in [0.15, 0.2) is 5.03 Å². The molecule has 3 N–H and O–H groups in total. The molecular formula is C12H15N3O3S. The van der Waals surface area contributed by atoms with E-state index in [4.69, 9.17) is 5.11 Å². The number of nitrogens with zero attached hydrogens (tertiary/aromatic N) is 1. The Kier molecular flexibility index (Phi) is 3.59. The smallest absolute Gasteiger partial charge is 0.279 e. The minimum Gasteiger partial charge on any atom is -0.392 e. The van der Waals surface area contributed by atoms with E-state index in [0.717, 1.165) is 11.1 Å². The maximum absolute atomic E-state index is 12.2. The zero-order valence-corrected chi connectivity index (χ0v) is 11.5. The molecule has 0 aliphatic carbocycles. The maximum Gasteiger partial charge on any atom is 0.279 e. The summed E-state index contributed by atoms with van der Waals surface area (Å²) in [6.45, 7) is 3.37. The second kappa shape index (κ2) is 5.02. The van der Waals surface area contributed by atoms with Crippen LogP contribution in [0.25, 0.3) is 0 Å². The fourth-order valence-corrected chi connectivity index (χ4v) is 3.02. The highest BCUT2D eigenvalue weighted by Crippen LogP contribution is 2.21. The van der Waals surface area contributed by atoms with Gasteiger partial charge in [-0.2, -0.15) is 13.5 Å². The number of aromatic nitrogens is 2. The van der Waals surface area contributed by atoms with Crippen molar-refractivity contribution >= 4 is 15.7 Å². The largest absolute Gasteiger partial charge is 0.392 e. The Labute approximate surface area is 111 Å². The van der Waals surface area contributed by atoms with Crippen molar-refractivity contribution < 1.29 is 13.5 Å². The van der Waals surface area contributed by atoms with Gasteiger partial charge >= 0.3 is 0 Å². The molecule has 0 aliphatic rings. The van der Waals surface area contributed by atoms with Gasteiger partial charge in [0.1, 0.15) is 0 Å². The average molecular weight is 281 g/mol. The summed E-state index contributed by atoms with van der Waals surface area (Å²) in [5, 5.41) is 15.0. The predicted octanol–water partition coefficient (Wildman–Crippen LogP) is 1.32. The van der Waals surface area contributed by atoms with Crippen molar-refractivity contribution in [3.63, 3.8) is 0 Å². The molecule has 19 heavy (non-hydrogen) atoms. The normalized spacial score (nSPS) is 11.5. The molecule has 0 bridgehead atoms. The molecule has 1 aromatic heterocycles. The monoisotopic (exact) mass is 281 g/mol. The van der Waals surface area contributed by atoms with Gasteiger partial charge < -0.3 is 5.11 Å². The Hall–Kier alpha value is -1.86. The first-order chi connectivity index (χ1) is 8.94. The first-order valence-electron chi connectivity index (χ1n) is 5.67. The van der Waals surface area contributed by atoms with Crippen molar-refractivity contribution in [1.29, 1.82) is 0 Å². The molecule has 0 radical (unpaired) electrons. The molecule has 0 aliphatic heterocycles. The molecule has 0 spiro atoms. The van der Waals surface area contributed by atoms with Crippen LogP contribution in [-0.4, -0.2) is 23.7 Å². The molecule has 0 fully saturated rings. The molecule has 0 atom stereocenters. The van der Waals surface area contributed by atoms with E-state index in [1.807, 2.05) is 26.0 Å². The zero-order chi connectivity index (χ0) is 14.0. The lowest BCUT2D eigenvalue weighted by molar-refractivity contribution is 0.278. The molecule has 2 rings (SSSR count). The van der Waals surface area contributed by atoms with E-state index >= 15 is 0 Å². The van der Waals surface area contributed by atoms with Gasteiger partial charge in [0, 0.05) is 5.56 Å². The van der Waals surface area contributed by atoms with E-state index in [1.165, 1.54) is 6.20 Å². The van der Waals surface area contributed by atoms with Crippen LogP contribution in [0.2, 0.25) is 0 Å². The van der Waals surface area contributed by atoms with E-state index < -0.39 is 10.0 Å². The van der Waals surface area contributed by atoms with Crippen LogP contribution in [0.5, 0.6) is 0 Å². The molecule has 1 heterocycles. The minimum absolute atomic E-state index is 0.116. The number of aromatic amines is 1. The van der Waals surface area contributed by atoms with E-state index in [0.29, 0.717) is 5.69 Å². The standard InChI is InChI=1S/C12H15N3O3S/c1-8-3-4-11(9(2)5-8)15-19(17,18)12-10(7-16)6-13-14-12/h3-6,15-16H,7H2,1-2H3,(H,13,14). The fourth-order valence-electron chi connectivity index (χ4n) is 1.77. The van der Waals surface area contributed by atoms with Crippen LogP contribution in [0.3, 0.4) is 0 Å². The molecule has 0 amide bonds. The molecule has 6 nitrogen and oxygen atoms in total. The number of hydrogen-bond donors (Lipinski definition) is 3. The summed E-state index contributed by atoms with van der Waals surface area (Å²) in [6.07, 6.45) is 1.29. The topological polar surface area (TPSA) is 95.1 Å². The lowest BCUT2D eigenvalue weighted by Gasteiger charge is -2.10. The van der Waals surface area contributed by atoms with Gasteiger partial charge in [-0.3, -0.25) is 9.82 Å². The SMILES string of the molecule is Cc1ccc(NS(=O)(=O)c2[nH]ncc2CO)c(C)c1. The quantitative estimate of drug-likeness (QED) is 0.787.